The van der Waals surface area contributed by atoms with E-state index in [2.05, 4.69) is 41.0 Å². The Morgan fingerprint density at radius 3 is 2.23 bits per heavy atom. The Labute approximate surface area is 92.6 Å². The zero-order valence-electron chi connectivity index (χ0n) is 7.86. The molecule has 1 atom stereocenters. The topological polar surface area (TPSA) is 3.24 Å². The van der Waals surface area contributed by atoms with E-state index in [-0.39, 0.29) is 0 Å². The van der Waals surface area contributed by atoms with Gasteiger partial charge < -0.3 is 0 Å². The molecule has 70 valence electrons. The number of nitrogens with zero attached hydrogens (tertiary/aromatic N) is 1. The molecule has 0 aromatic heterocycles. The molecule has 0 radical (unpaired) electrons. The van der Waals surface area contributed by atoms with Crippen LogP contribution in [-0.2, 0) is 0 Å². The van der Waals surface area contributed by atoms with Crippen molar-refractivity contribution in [3.05, 3.63) is 24.3 Å². The fourth-order valence-corrected chi connectivity index (χ4v) is 7.63. The van der Waals surface area contributed by atoms with Crippen LogP contribution in [0.25, 0.3) is 0 Å². The first kappa shape index (κ1) is 9.76. The molecule has 0 saturated carbocycles. The van der Waals surface area contributed by atoms with Gasteiger partial charge in [-0.2, -0.15) is 0 Å². The summed E-state index contributed by atoms with van der Waals surface area (Å²) in [7, 11) is 0. The predicted molar refractivity (Wildman–Crippen MR) is 58.8 cm³/mol. The van der Waals surface area contributed by atoms with Crippen LogP contribution in [-0.4, -0.2) is 39.3 Å². The second-order valence-corrected chi connectivity index (χ2v) is 8.61. The van der Waals surface area contributed by atoms with E-state index in [0.717, 1.165) is 6.04 Å². The van der Waals surface area contributed by atoms with Crippen molar-refractivity contribution < 1.29 is 0 Å². The SMILES string of the molecule is CCC(C)N1[Se]c2ccccc2[Se]1. The molecule has 0 aliphatic carbocycles. The Morgan fingerprint density at radius 2 is 1.77 bits per heavy atom. The van der Waals surface area contributed by atoms with Gasteiger partial charge >= 0.3 is 92.8 Å². The first-order valence-electron chi connectivity index (χ1n) is 4.55. The Bertz CT molecular complexity index is 276. The summed E-state index contributed by atoms with van der Waals surface area (Å²) < 4.78 is 5.88. The molecule has 0 fully saturated rings. The van der Waals surface area contributed by atoms with Crippen LogP contribution >= 0.6 is 0 Å². The van der Waals surface area contributed by atoms with Gasteiger partial charge in [-0.05, 0) is 0 Å². The van der Waals surface area contributed by atoms with Gasteiger partial charge in [0.1, 0.15) is 0 Å². The molecule has 1 unspecified atom stereocenters. The van der Waals surface area contributed by atoms with Gasteiger partial charge in [-0.1, -0.05) is 0 Å². The van der Waals surface area contributed by atoms with Crippen molar-refractivity contribution in [1.82, 2.24) is 2.93 Å². The molecule has 0 bridgehead atoms. The molecule has 0 amide bonds. The molecule has 1 heterocycles. The van der Waals surface area contributed by atoms with Crippen LogP contribution in [0.1, 0.15) is 20.3 Å². The molecule has 0 N–H and O–H groups in total. The van der Waals surface area contributed by atoms with Crippen LogP contribution in [0.4, 0.5) is 0 Å². The summed E-state index contributed by atoms with van der Waals surface area (Å²) in [6.07, 6.45) is 1.28. The summed E-state index contributed by atoms with van der Waals surface area (Å²) in [5.41, 5.74) is 0. The minimum absolute atomic E-state index is 0.603. The van der Waals surface area contributed by atoms with Crippen LogP contribution in [0.15, 0.2) is 24.3 Å². The summed E-state index contributed by atoms with van der Waals surface area (Å²) in [4.78, 5) is 0. The molecule has 13 heavy (non-hydrogen) atoms. The Balaban J connectivity index is 2.14. The Hall–Kier alpha value is 0.219. The van der Waals surface area contributed by atoms with Gasteiger partial charge in [0, 0.05) is 0 Å². The molecule has 0 spiro atoms. The molecule has 3 heteroatoms. The Kier molecular flexibility index (Phi) is 3.13. The van der Waals surface area contributed by atoms with Crippen molar-refractivity contribution in [3.8, 4) is 0 Å². The molecular formula is C10H13NSe2. The van der Waals surface area contributed by atoms with Crippen molar-refractivity contribution in [2.75, 3.05) is 0 Å². The van der Waals surface area contributed by atoms with E-state index < -0.39 is 0 Å². The summed E-state index contributed by atoms with van der Waals surface area (Å²) in [6, 6.07) is 9.68. The maximum absolute atomic E-state index is 2.67. The van der Waals surface area contributed by atoms with E-state index in [4.69, 9.17) is 0 Å². The quantitative estimate of drug-likeness (QED) is 0.710. The summed E-state index contributed by atoms with van der Waals surface area (Å²) in [6.45, 7) is 4.62. The predicted octanol–water partition coefficient (Wildman–Crippen LogP) is 0.290. The third kappa shape index (κ3) is 2.01. The van der Waals surface area contributed by atoms with Crippen molar-refractivity contribution >= 4 is 39.3 Å². The van der Waals surface area contributed by atoms with Crippen LogP contribution in [0, 0.1) is 0 Å². The van der Waals surface area contributed by atoms with Gasteiger partial charge in [-0.25, -0.2) is 0 Å². The fourth-order valence-electron chi connectivity index (χ4n) is 1.14. The van der Waals surface area contributed by atoms with Gasteiger partial charge in [0.2, 0.25) is 0 Å². The first-order valence-corrected chi connectivity index (χ1v) is 7.80. The van der Waals surface area contributed by atoms with Crippen LogP contribution in [0.5, 0.6) is 0 Å². The summed E-state index contributed by atoms with van der Waals surface area (Å²) in [5.74, 6) is 0. The van der Waals surface area contributed by atoms with E-state index in [1.54, 1.807) is 8.92 Å². The molecule has 1 nitrogen and oxygen atoms in total. The first-order chi connectivity index (χ1) is 6.31. The Morgan fingerprint density at radius 1 is 1.23 bits per heavy atom. The molecule has 2 rings (SSSR count). The molecule has 0 saturated heterocycles. The standard InChI is InChI=1S/C10H13NSe2/c1-3-8(2)11-12-9-6-4-5-7-10(9)13-11/h4-8H,3H2,1-2H3. The number of hydrogen-bond acceptors (Lipinski definition) is 1. The molecule has 1 aliphatic heterocycles. The van der Waals surface area contributed by atoms with Crippen molar-refractivity contribution in [2.24, 2.45) is 0 Å². The van der Waals surface area contributed by atoms with Gasteiger partial charge in [0.25, 0.3) is 0 Å². The van der Waals surface area contributed by atoms with Gasteiger partial charge in [0.15, 0.2) is 0 Å². The fraction of sp³-hybridized carbons (Fsp3) is 0.400. The molecule has 1 aromatic carbocycles. The second-order valence-electron chi connectivity index (χ2n) is 3.17. The second kappa shape index (κ2) is 4.16. The van der Waals surface area contributed by atoms with E-state index in [9.17, 15) is 0 Å². The van der Waals surface area contributed by atoms with E-state index >= 15 is 0 Å². The zero-order chi connectivity index (χ0) is 9.26. The van der Waals surface area contributed by atoms with E-state index in [0.29, 0.717) is 30.3 Å². The van der Waals surface area contributed by atoms with Crippen LogP contribution < -0.4 is 8.92 Å². The van der Waals surface area contributed by atoms with E-state index in [1.807, 2.05) is 0 Å². The van der Waals surface area contributed by atoms with Crippen molar-refractivity contribution in [2.45, 2.75) is 26.3 Å². The number of hydrogen-bond donors (Lipinski definition) is 0. The third-order valence-electron chi connectivity index (χ3n) is 2.18. The molecular weight excluding hydrogens is 292 g/mol. The minimum atomic E-state index is 0.603. The van der Waals surface area contributed by atoms with Gasteiger partial charge in [0.05, 0.1) is 0 Å². The molecule has 1 aromatic rings. The molecule has 1 aliphatic rings. The normalized spacial score (nSPS) is 18.6. The maximum atomic E-state index is 2.67. The van der Waals surface area contributed by atoms with Gasteiger partial charge in [-0.3, -0.25) is 0 Å². The van der Waals surface area contributed by atoms with Crippen molar-refractivity contribution in [1.29, 1.82) is 0 Å². The monoisotopic (exact) mass is 307 g/mol. The average molecular weight is 305 g/mol. The van der Waals surface area contributed by atoms with Crippen LogP contribution in [0.3, 0.4) is 0 Å². The van der Waals surface area contributed by atoms with Crippen LogP contribution in [0.2, 0.25) is 0 Å². The third-order valence-corrected chi connectivity index (χ3v) is 9.04. The number of benzene rings is 1. The van der Waals surface area contributed by atoms with Crippen molar-refractivity contribution in [3.63, 3.8) is 0 Å². The average Bonchev–Trinajstić information content (AvgIpc) is 2.59. The van der Waals surface area contributed by atoms with Gasteiger partial charge in [-0.15, -0.1) is 0 Å². The number of fused-ring (bicyclic) bond motifs is 1. The zero-order valence-corrected chi connectivity index (χ0v) is 11.3. The summed E-state index contributed by atoms with van der Waals surface area (Å²) >= 11 is 1.21. The number of rotatable bonds is 2. The van der Waals surface area contributed by atoms with E-state index in [1.165, 1.54) is 6.42 Å². The summed E-state index contributed by atoms with van der Waals surface area (Å²) in [5, 5.41) is 0.